The largest absolute Gasteiger partial charge is 0.369 e. The second-order valence-electron chi connectivity index (χ2n) is 6.08. The fourth-order valence-corrected chi connectivity index (χ4v) is 4.38. The quantitative estimate of drug-likeness (QED) is 0.828. The molecule has 1 saturated heterocycles. The molecule has 1 aliphatic rings. The standard InChI is InChI=1S/C18H19N3O4S/c19-17(22)12-13-2-6-15(7-3-13)20-18(23)14-4-8-16(9-5-14)21-10-1-11-26(21,24)25/h2-9H,1,10-12H2,(H2,19,22)(H,20,23). The monoisotopic (exact) mass is 373 g/mol. The molecular formula is C18H19N3O4S. The van der Waals surface area contributed by atoms with Gasteiger partial charge in [0.05, 0.1) is 17.9 Å². The molecule has 3 N–H and O–H groups in total. The number of nitrogens with two attached hydrogens (primary N) is 1. The first-order valence-electron chi connectivity index (χ1n) is 8.14. The van der Waals surface area contributed by atoms with Crippen LogP contribution in [0.5, 0.6) is 0 Å². The Morgan fingerprint density at radius 1 is 1.04 bits per heavy atom. The summed E-state index contributed by atoms with van der Waals surface area (Å²) in [6, 6.07) is 13.3. The fraction of sp³-hybridized carbons (Fsp3) is 0.222. The SMILES string of the molecule is NC(=O)Cc1ccc(NC(=O)c2ccc(N3CCCS3(=O)=O)cc2)cc1. The summed E-state index contributed by atoms with van der Waals surface area (Å²) in [5.74, 6) is -0.563. The van der Waals surface area contributed by atoms with Crippen LogP contribution in [0.2, 0.25) is 0 Å². The van der Waals surface area contributed by atoms with E-state index < -0.39 is 15.9 Å². The van der Waals surface area contributed by atoms with Gasteiger partial charge in [-0.25, -0.2) is 8.42 Å². The highest BCUT2D eigenvalue weighted by atomic mass is 32.2. The predicted octanol–water partition coefficient (Wildman–Crippen LogP) is 1.51. The summed E-state index contributed by atoms with van der Waals surface area (Å²) in [6.07, 6.45) is 0.755. The number of amides is 2. The highest BCUT2D eigenvalue weighted by molar-refractivity contribution is 7.93. The zero-order chi connectivity index (χ0) is 18.7. The van der Waals surface area contributed by atoms with Crippen LogP contribution in [0.3, 0.4) is 0 Å². The minimum Gasteiger partial charge on any atom is -0.369 e. The molecule has 8 heteroatoms. The number of hydrogen-bond donors (Lipinski definition) is 2. The van der Waals surface area contributed by atoms with Crippen molar-refractivity contribution < 1.29 is 18.0 Å². The first kappa shape index (κ1) is 17.9. The summed E-state index contributed by atoms with van der Waals surface area (Å²) in [6.45, 7) is 0.464. The maximum Gasteiger partial charge on any atom is 0.255 e. The number of rotatable bonds is 5. The van der Waals surface area contributed by atoms with E-state index in [9.17, 15) is 18.0 Å². The lowest BCUT2D eigenvalue weighted by molar-refractivity contribution is -0.117. The fourth-order valence-electron chi connectivity index (χ4n) is 2.82. The molecule has 0 saturated carbocycles. The van der Waals surface area contributed by atoms with E-state index in [4.69, 9.17) is 5.73 Å². The zero-order valence-corrected chi connectivity index (χ0v) is 14.8. The summed E-state index contributed by atoms with van der Waals surface area (Å²) in [4.78, 5) is 23.2. The maximum atomic E-state index is 12.3. The number of hydrogen-bond acceptors (Lipinski definition) is 4. The minimum absolute atomic E-state index is 0.148. The van der Waals surface area contributed by atoms with Crippen LogP contribution in [0.1, 0.15) is 22.3 Å². The van der Waals surface area contributed by atoms with Crippen molar-refractivity contribution in [3.63, 3.8) is 0 Å². The molecule has 7 nitrogen and oxygen atoms in total. The van der Waals surface area contributed by atoms with Crippen molar-refractivity contribution in [3.05, 3.63) is 59.7 Å². The van der Waals surface area contributed by atoms with Crippen molar-refractivity contribution in [1.82, 2.24) is 0 Å². The van der Waals surface area contributed by atoms with Gasteiger partial charge in [-0.05, 0) is 48.4 Å². The first-order valence-corrected chi connectivity index (χ1v) is 9.75. The van der Waals surface area contributed by atoms with Gasteiger partial charge in [0.25, 0.3) is 5.91 Å². The summed E-state index contributed by atoms with van der Waals surface area (Å²) in [5, 5.41) is 2.76. The topological polar surface area (TPSA) is 110 Å². The lowest BCUT2D eigenvalue weighted by Crippen LogP contribution is -2.25. The number of nitrogens with zero attached hydrogens (tertiary/aromatic N) is 1. The van der Waals surface area contributed by atoms with E-state index in [1.54, 1.807) is 48.5 Å². The van der Waals surface area contributed by atoms with Gasteiger partial charge in [0.1, 0.15) is 0 Å². The van der Waals surface area contributed by atoms with Crippen LogP contribution in [-0.4, -0.2) is 32.5 Å². The van der Waals surface area contributed by atoms with Gasteiger partial charge >= 0.3 is 0 Å². The molecule has 0 unspecified atom stereocenters. The van der Waals surface area contributed by atoms with E-state index in [0.29, 0.717) is 29.9 Å². The highest BCUT2D eigenvalue weighted by Crippen LogP contribution is 2.24. The van der Waals surface area contributed by atoms with Crippen LogP contribution >= 0.6 is 0 Å². The van der Waals surface area contributed by atoms with E-state index in [0.717, 1.165) is 5.56 Å². The first-order chi connectivity index (χ1) is 12.3. The second-order valence-corrected chi connectivity index (χ2v) is 8.10. The summed E-state index contributed by atoms with van der Waals surface area (Å²) < 4.78 is 25.2. The molecule has 0 spiro atoms. The Labute approximate surface area is 151 Å². The van der Waals surface area contributed by atoms with E-state index in [1.807, 2.05) is 0 Å². The van der Waals surface area contributed by atoms with Crippen molar-refractivity contribution in [2.24, 2.45) is 5.73 Å². The third-order valence-electron chi connectivity index (χ3n) is 4.11. The molecule has 2 aromatic carbocycles. The van der Waals surface area contributed by atoms with E-state index >= 15 is 0 Å². The van der Waals surface area contributed by atoms with Gasteiger partial charge in [0, 0.05) is 17.8 Å². The van der Waals surface area contributed by atoms with Gasteiger partial charge in [-0.3, -0.25) is 13.9 Å². The number of carbonyl (C=O) groups excluding carboxylic acids is 2. The third-order valence-corrected chi connectivity index (χ3v) is 5.98. The molecule has 26 heavy (non-hydrogen) atoms. The number of anilines is 2. The molecule has 1 heterocycles. The molecular weight excluding hydrogens is 354 g/mol. The Hall–Kier alpha value is -2.87. The average molecular weight is 373 g/mol. The van der Waals surface area contributed by atoms with Crippen molar-refractivity contribution in [3.8, 4) is 0 Å². The molecule has 2 amide bonds. The van der Waals surface area contributed by atoms with E-state index in [2.05, 4.69) is 5.32 Å². The Morgan fingerprint density at radius 3 is 2.23 bits per heavy atom. The van der Waals surface area contributed by atoms with Gasteiger partial charge in [-0.1, -0.05) is 12.1 Å². The Bertz CT molecular complexity index is 922. The molecule has 1 aliphatic heterocycles. The number of primary amides is 1. The normalized spacial score (nSPS) is 15.6. The average Bonchev–Trinajstić information content (AvgIpc) is 2.95. The minimum atomic E-state index is -3.23. The van der Waals surface area contributed by atoms with Gasteiger partial charge in [-0.15, -0.1) is 0 Å². The van der Waals surface area contributed by atoms with Crippen LogP contribution in [0.15, 0.2) is 48.5 Å². The maximum absolute atomic E-state index is 12.3. The molecule has 0 aliphatic carbocycles. The molecule has 0 aromatic heterocycles. The number of benzene rings is 2. The van der Waals surface area contributed by atoms with Gasteiger partial charge in [-0.2, -0.15) is 0 Å². The highest BCUT2D eigenvalue weighted by Gasteiger charge is 2.28. The smallest absolute Gasteiger partial charge is 0.255 e. The van der Waals surface area contributed by atoms with Crippen LogP contribution < -0.4 is 15.4 Å². The summed E-state index contributed by atoms with van der Waals surface area (Å²) in [5.41, 5.74) is 7.49. The molecule has 2 aromatic rings. The van der Waals surface area contributed by atoms with Crippen LogP contribution in [-0.2, 0) is 21.2 Å². The zero-order valence-electron chi connectivity index (χ0n) is 14.0. The van der Waals surface area contributed by atoms with Crippen molar-refractivity contribution in [2.45, 2.75) is 12.8 Å². The number of carbonyl (C=O) groups is 2. The Balaban J connectivity index is 1.67. The molecule has 0 atom stereocenters. The van der Waals surface area contributed by atoms with Crippen LogP contribution in [0, 0.1) is 0 Å². The summed E-state index contributed by atoms with van der Waals surface area (Å²) >= 11 is 0. The molecule has 3 rings (SSSR count). The van der Waals surface area contributed by atoms with Crippen molar-refractivity contribution in [2.75, 3.05) is 21.9 Å². The molecule has 0 radical (unpaired) electrons. The lowest BCUT2D eigenvalue weighted by atomic mass is 10.1. The predicted molar refractivity (Wildman–Crippen MR) is 99.5 cm³/mol. The van der Waals surface area contributed by atoms with Gasteiger partial charge < -0.3 is 11.1 Å². The van der Waals surface area contributed by atoms with Crippen LogP contribution in [0.25, 0.3) is 0 Å². The van der Waals surface area contributed by atoms with E-state index in [-0.39, 0.29) is 18.1 Å². The van der Waals surface area contributed by atoms with E-state index in [1.165, 1.54) is 4.31 Å². The Kier molecular flexibility index (Phi) is 4.94. The Morgan fingerprint density at radius 2 is 1.69 bits per heavy atom. The molecule has 1 fully saturated rings. The molecule has 136 valence electrons. The number of sulfonamides is 1. The van der Waals surface area contributed by atoms with Crippen molar-refractivity contribution >= 4 is 33.2 Å². The van der Waals surface area contributed by atoms with Crippen molar-refractivity contribution in [1.29, 1.82) is 0 Å². The third kappa shape index (κ3) is 4.02. The lowest BCUT2D eigenvalue weighted by Gasteiger charge is -2.17. The summed E-state index contributed by atoms with van der Waals surface area (Å²) in [7, 11) is -3.23. The van der Waals surface area contributed by atoms with Crippen LogP contribution in [0.4, 0.5) is 11.4 Å². The van der Waals surface area contributed by atoms with Gasteiger partial charge in [0.2, 0.25) is 15.9 Å². The number of nitrogens with one attached hydrogen (secondary N) is 1. The molecule has 0 bridgehead atoms. The second kappa shape index (κ2) is 7.17. The van der Waals surface area contributed by atoms with Gasteiger partial charge in [0.15, 0.2) is 0 Å².